The summed E-state index contributed by atoms with van der Waals surface area (Å²) in [7, 11) is -3.78. The number of carbonyl (C=O) groups is 1. The minimum Gasteiger partial charge on any atom is -0.349 e. The molecule has 1 aromatic heterocycles. The van der Waals surface area contributed by atoms with Crippen LogP contribution in [0.5, 0.6) is 0 Å². The van der Waals surface area contributed by atoms with Gasteiger partial charge >= 0.3 is 0 Å². The fraction of sp³-hybridized carbons (Fsp3) is 0.182. The van der Waals surface area contributed by atoms with E-state index in [0.29, 0.717) is 10.9 Å². The Hall–Kier alpha value is -1.57. The number of amides is 1. The molecule has 0 aliphatic rings. The van der Waals surface area contributed by atoms with Crippen molar-refractivity contribution in [3.8, 4) is 0 Å². The molecule has 0 unspecified atom stereocenters. The van der Waals surface area contributed by atoms with Crippen molar-refractivity contribution in [3.05, 3.63) is 30.0 Å². The summed E-state index contributed by atoms with van der Waals surface area (Å²) >= 11 is 5.28. The van der Waals surface area contributed by atoms with Crippen LogP contribution < -0.4 is 9.56 Å². The van der Waals surface area contributed by atoms with Gasteiger partial charge in [-0.05, 0) is 6.07 Å². The molecular formula is C11H12ClN3O3S. The van der Waals surface area contributed by atoms with E-state index in [1.807, 2.05) is 4.84 Å². The van der Waals surface area contributed by atoms with Crippen molar-refractivity contribution in [2.24, 2.45) is 0 Å². The number of aromatic amines is 1. The first-order valence-electron chi connectivity index (χ1n) is 5.52. The van der Waals surface area contributed by atoms with Gasteiger partial charge in [0.1, 0.15) is 10.6 Å². The van der Waals surface area contributed by atoms with Crippen LogP contribution in [0.15, 0.2) is 29.2 Å². The van der Waals surface area contributed by atoms with Crippen LogP contribution in [0.4, 0.5) is 0 Å². The lowest BCUT2D eigenvalue weighted by molar-refractivity contribution is 0.0974. The standard InChI is InChI=1S/C11H12ClN3O3S/c1-2-13-19(17,18)10-7-5-3-4-6-8(7)14-9(10)11(16)15-12/h3-6,13-14H,2H2,1H3,(H,15,16). The van der Waals surface area contributed by atoms with Gasteiger partial charge < -0.3 is 4.98 Å². The van der Waals surface area contributed by atoms with Crippen LogP contribution in [0.25, 0.3) is 10.9 Å². The largest absolute Gasteiger partial charge is 0.349 e. The van der Waals surface area contributed by atoms with Crippen molar-refractivity contribution in [2.75, 3.05) is 6.54 Å². The Morgan fingerprint density at radius 1 is 1.37 bits per heavy atom. The normalized spacial score (nSPS) is 11.7. The first-order chi connectivity index (χ1) is 9.01. The molecule has 3 N–H and O–H groups in total. The SMILES string of the molecule is CCNS(=O)(=O)c1c(C(=O)NCl)[nH]c2ccccc12. The van der Waals surface area contributed by atoms with Gasteiger partial charge in [-0.25, -0.2) is 13.1 Å². The molecule has 1 aromatic carbocycles. The Bertz CT molecular complexity index is 724. The number of para-hydroxylation sites is 1. The van der Waals surface area contributed by atoms with Crippen molar-refractivity contribution < 1.29 is 13.2 Å². The molecule has 0 saturated carbocycles. The molecule has 1 amide bonds. The summed E-state index contributed by atoms with van der Waals surface area (Å²) in [6, 6.07) is 6.75. The third-order valence-electron chi connectivity index (χ3n) is 2.57. The van der Waals surface area contributed by atoms with Crippen LogP contribution in [0.3, 0.4) is 0 Å². The molecule has 0 fully saturated rings. The molecule has 0 aliphatic heterocycles. The number of fused-ring (bicyclic) bond motifs is 1. The highest BCUT2D eigenvalue weighted by molar-refractivity contribution is 7.89. The molecule has 6 nitrogen and oxygen atoms in total. The minimum absolute atomic E-state index is 0.0860. The highest BCUT2D eigenvalue weighted by Crippen LogP contribution is 2.26. The van der Waals surface area contributed by atoms with Crippen molar-refractivity contribution >= 4 is 38.6 Å². The third kappa shape index (κ3) is 2.44. The van der Waals surface area contributed by atoms with E-state index in [9.17, 15) is 13.2 Å². The number of aromatic nitrogens is 1. The fourth-order valence-electron chi connectivity index (χ4n) is 1.86. The molecule has 2 aromatic rings. The number of hydrogen-bond donors (Lipinski definition) is 3. The van der Waals surface area contributed by atoms with Crippen LogP contribution >= 0.6 is 11.8 Å². The van der Waals surface area contributed by atoms with Crippen LogP contribution in [-0.4, -0.2) is 25.9 Å². The summed E-state index contributed by atoms with van der Waals surface area (Å²) in [6.45, 7) is 1.89. The predicted octanol–water partition coefficient (Wildman–Crippen LogP) is 1.35. The number of benzene rings is 1. The Morgan fingerprint density at radius 2 is 2.05 bits per heavy atom. The van der Waals surface area contributed by atoms with E-state index < -0.39 is 15.9 Å². The molecule has 2 rings (SSSR count). The second-order valence-corrected chi connectivity index (χ2v) is 5.69. The maximum absolute atomic E-state index is 12.2. The van der Waals surface area contributed by atoms with E-state index in [2.05, 4.69) is 9.71 Å². The average molecular weight is 302 g/mol. The summed E-state index contributed by atoms with van der Waals surface area (Å²) < 4.78 is 26.8. The quantitative estimate of drug-likeness (QED) is 0.744. The second kappa shape index (κ2) is 5.20. The molecule has 0 saturated heterocycles. The van der Waals surface area contributed by atoms with E-state index in [1.165, 1.54) is 0 Å². The van der Waals surface area contributed by atoms with Gasteiger partial charge in [0.25, 0.3) is 5.91 Å². The summed E-state index contributed by atoms with van der Waals surface area (Å²) in [6.07, 6.45) is 0. The molecule has 0 radical (unpaired) electrons. The van der Waals surface area contributed by atoms with Crippen molar-refractivity contribution in [1.29, 1.82) is 0 Å². The van der Waals surface area contributed by atoms with Crippen LogP contribution in [0, 0.1) is 0 Å². The van der Waals surface area contributed by atoms with Gasteiger partial charge in [0.05, 0.1) is 0 Å². The van der Waals surface area contributed by atoms with E-state index in [-0.39, 0.29) is 17.1 Å². The number of H-pyrrole nitrogens is 1. The number of halogens is 1. The topological polar surface area (TPSA) is 91.1 Å². The first-order valence-corrected chi connectivity index (χ1v) is 7.38. The van der Waals surface area contributed by atoms with Gasteiger partial charge in [0.2, 0.25) is 10.0 Å². The highest BCUT2D eigenvalue weighted by atomic mass is 35.5. The monoisotopic (exact) mass is 301 g/mol. The van der Waals surface area contributed by atoms with Crippen LogP contribution in [0.1, 0.15) is 17.4 Å². The first kappa shape index (κ1) is 13.9. The van der Waals surface area contributed by atoms with Gasteiger partial charge in [0, 0.05) is 29.2 Å². The second-order valence-electron chi connectivity index (χ2n) is 3.80. The molecule has 1 heterocycles. The molecule has 0 bridgehead atoms. The maximum atomic E-state index is 12.2. The zero-order valence-corrected chi connectivity index (χ0v) is 11.6. The van der Waals surface area contributed by atoms with Crippen LogP contribution in [0.2, 0.25) is 0 Å². The van der Waals surface area contributed by atoms with E-state index in [0.717, 1.165) is 0 Å². The van der Waals surface area contributed by atoms with Gasteiger partial charge in [-0.15, -0.1) is 0 Å². The summed E-state index contributed by atoms with van der Waals surface area (Å²) in [5.74, 6) is -0.700. The van der Waals surface area contributed by atoms with Gasteiger partial charge in [-0.2, -0.15) is 0 Å². The zero-order chi connectivity index (χ0) is 14.0. The summed E-state index contributed by atoms with van der Waals surface area (Å²) in [5.41, 5.74) is 0.464. The molecule has 8 heteroatoms. The van der Waals surface area contributed by atoms with E-state index in [4.69, 9.17) is 11.8 Å². The predicted molar refractivity (Wildman–Crippen MR) is 72.5 cm³/mol. The zero-order valence-electron chi connectivity index (χ0n) is 10.0. The summed E-state index contributed by atoms with van der Waals surface area (Å²) in [4.78, 5) is 16.3. The highest BCUT2D eigenvalue weighted by Gasteiger charge is 2.27. The Balaban J connectivity index is 2.79. The summed E-state index contributed by atoms with van der Waals surface area (Å²) in [5, 5.41) is 0.443. The lowest BCUT2D eigenvalue weighted by Crippen LogP contribution is -2.26. The molecule has 0 spiro atoms. The maximum Gasteiger partial charge on any atom is 0.283 e. The lowest BCUT2D eigenvalue weighted by atomic mass is 10.2. The Morgan fingerprint density at radius 3 is 2.68 bits per heavy atom. The molecular weight excluding hydrogens is 290 g/mol. The minimum atomic E-state index is -3.78. The fourth-order valence-corrected chi connectivity index (χ4v) is 3.36. The van der Waals surface area contributed by atoms with E-state index >= 15 is 0 Å². The van der Waals surface area contributed by atoms with Gasteiger partial charge in [-0.1, -0.05) is 25.1 Å². The van der Waals surface area contributed by atoms with Crippen molar-refractivity contribution in [1.82, 2.24) is 14.5 Å². The third-order valence-corrected chi connectivity index (χ3v) is 4.38. The van der Waals surface area contributed by atoms with E-state index in [1.54, 1.807) is 31.2 Å². The smallest absolute Gasteiger partial charge is 0.283 e. The number of sulfonamides is 1. The van der Waals surface area contributed by atoms with Gasteiger partial charge in [-0.3, -0.25) is 9.63 Å². The number of hydrogen-bond acceptors (Lipinski definition) is 3. The number of rotatable bonds is 4. The Kier molecular flexibility index (Phi) is 3.79. The van der Waals surface area contributed by atoms with Crippen LogP contribution in [-0.2, 0) is 10.0 Å². The lowest BCUT2D eigenvalue weighted by Gasteiger charge is -2.05. The average Bonchev–Trinajstić information content (AvgIpc) is 2.77. The molecule has 0 aliphatic carbocycles. The molecule has 19 heavy (non-hydrogen) atoms. The van der Waals surface area contributed by atoms with Crippen molar-refractivity contribution in [2.45, 2.75) is 11.8 Å². The Labute approximate surface area is 115 Å². The number of carbonyl (C=O) groups excluding carboxylic acids is 1. The molecule has 102 valence electrons. The number of nitrogens with one attached hydrogen (secondary N) is 3. The van der Waals surface area contributed by atoms with Crippen molar-refractivity contribution in [3.63, 3.8) is 0 Å². The van der Waals surface area contributed by atoms with Gasteiger partial charge in [0.15, 0.2) is 0 Å². The molecule has 0 atom stereocenters.